The molecule has 0 aliphatic heterocycles. The fourth-order valence-corrected chi connectivity index (χ4v) is 3.76. The number of rotatable bonds is 5. The monoisotopic (exact) mass is 416 g/mol. The zero-order chi connectivity index (χ0) is 21.5. The highest BCUT2D eigenvalue weighted by molar-refractivity contribution is 5.96. The third-order valence-corrected chi connectivity index (χ3v) is 5.57. The summed E-state index contributed by atoms with van der Waals surface area (Å²) in [6.07, 6.45) is 2.18. The van der Waals surface area contributed by atoms with Crippen LogP contribution in [0.5, 0.6) is 0 Å². The highest BCUT2D eigenvalue weighted by Gasteiger charge is 2.27. The van der Waals surface area contributed by atoms with Crippen LogP contribution >= 0.6 is 0 Å². The molecule has 2 heterocycles. The minimum absolute atomic E-state index is 0.00708. The Bertz CT molecular complexity index is 1440. The average Bonchev–Trinajstić information content (AvgIpc) is 3.62. The number of hydrogen-bond acceptors (Lipinski definition) is 5. The molecule has 1 unspecified atom stereocenters. The highest BCUT2D eigenvalue weighted by Crippen LogP contribution is 2.34. The van der Waals surface area contributed by atoms with Gasteiger partial charge in [0.25, 0.3) is 11.5 Å². The molecule has 31 heavy (non-hydrogen) atoms. The first-order valence-corrected chi connectivity index (χ1v) is 10.1. The molecule has 0 saturated heterocycles. The van der Waals surface area contributed by atoms with Crippen molar-refractivity contribution < 1.29 is 9.90 Å². The summed E-state index contributed by atoms with van der Waals surface area (Å²) in [6.45, 7) is 0.00708. The van der Waals surface area contributed by atoms with Crippen LogP contribution in [0, 0.1) is 0 Å². The van der Waals surface area contributed by atoms with Crippen molar-refractivity contribution >= 4 is 27.7 Å². The van der Waals surface area contributed by atoms with Crippen molar-refractivity contribution in [3.63, 3.8) is 0 Å². The number of aromatic amines is 1. The fourth-order valence-electron chi connectivity index (χ4n) is 3.76. The van der Waals surface area contributed by atoms with E-state index >= 15 is 0 Å². The number of hydrogen-bond donors (Lipinski definition) is 3. The molecule has 8 nitrogen and oxygen atoms in total. The van der Waals surface area contributed by atoms with Crippen molar-refractivity contribution in [3.8, 4) is 0 Å². The number of H-pyrrole nitrogens is 1. The lowest BCUT2D eigenvalue weighted by Gasteiger charge is -2.13. The topological polar surface area (TPSA) is 117 Å². The Morgan fingerprint density at radius 3 is 2.71 bits per heavy atom. The van der Waals surface area contributed by atoms with Crippen molar-refractivity contribution in [1.82, 2.24) is 19.9 Å². The summed E-state index contributed by atoms with van der Waals surface area (Å²) in [5.41, 5.74) is 0.104. The molecule has 1 aliphatic rings. The molecule has 0 spiro atoms. The quantitative estimate of drug-likeness (QED) is 0.460. The first-order valence-electron chi connectivity index (χ1n) is 10.1. The number of nitrogens with one attached hydrogen (secondary N) is 2. The van der Waals surface area contributed by atoms with Gasteiger partial charge in [0.05, 0.1) is 17.1 Å². The molecule has 1 atom stereocenters. The van der Waals surface area contributed by atoms with E-state index in [0.29, 0.717) is 5.56 Å². The number of aliphatic hydroxyl groups excluding tert-OH is 1. The maximum Gasteiger partial charge on any atom is 0.330 e. The van der Waals surface area contributed by atoms with Gasteiger partial charge in [0.2, 0.25) is 0 Å². The lowest BCUT2D eigenvalue weighted by molar-refractivity contribution is 0.0916. The molecular weight excluding hydrogens is 396 g/mol. The Kier molecular flexibility index (Phi) is 4.63. The van der Waals surface area contributed by atoms with E-state index in [1.54, 1.807) is 0 Å². The van der Waals surface area contributed by atoms with Crippen LogP contribution in [0.3, 0.4) is 0 Å². The minimum atomic E-state index is -0.884. The number of pyridine rings is 1. The fraction of sp³-hybridized carbons (Fsp3) is 0.217. The number of amides is 1. The first kappa shape index (κ1) is 19.2. The lowest BCUT2D eigenvalue weighted by atomic mass is 10.0. The summed E-state index contributed by atoms with van der Waals surface area (Å²) in [5, 5.41) is 15.4. The van der Waals surface area contributed by atoms with Gasteiger partial charge in [0.15, 0.2) is 0 Å². The Hall–Kier alpha value is -3.78. The van der Waals surface area contributed by atoms with Crippen LogP contribution in [0.25, 0.3) is 21.8 Å². The predicted molar refractivity (Wildman–Crippen MR) is 116 cm³/mol. The van der Waals surface area contributed by atoms with Gasteiger partial charge >= 0.3 is 5.69 Å². The van der Waals surface area contributed by atoms with Gasteiger partial charge in [0.1, 0.15) is 5.65 Å². The van der Waals surface area contributed by atoms with Crippen LogP contribution in [-0.2, 0) is 0 Å². The molecule has 2 aromatic carbocycles. The lowest BCUT2D eigenvalue weighted by Crippen LogP contribution is -2.31. The number of benzene rings is 2. The Balaban J connectivity index is 1.36. The molecule has 4 aromatic rings. The maximum atomic E-state index is 12.6. The van der Waals surface area contributed by atoms with Crippen molar-refractivity contribution in [2.24, 2.45) is 0 Å². The number of aliphatic hydroxyl groups is 1. The molecule has 5 rings (SSSR count). The van der Waals surface area contributed by atoms with E-state index in [9.17, 15) is 19.5 Å². The van der Waals surface area contributed by atoms with E-state index in [-0.39, 0.29) is 29.2 Å². The van der Waals surface area contributed by atoms with Crippen LogP contribution in [0.15, 0.2) is 64.3 Å². The van der Waals surface area contributed by atoms with E-state index in [0.717, 1.165) is 23.6 Å². The van der Waals surface area contributed by atoms with Gasteiger partial charge < -0.3 is 10.4 Å². The van der Waals surface area contributed by atoms with Crippen molar-refractivity contribution in [3.05, 3.63) is 86.7 Å². The summed E-state index contributed by atoms with van der Waals surface area (Å²) < 4.78 is 1.47. The van der Waals surface area contributed by atoms with Crippen LogP contribution in [0.1, 0.15) is 40.9 Å². The smallest absolute Gasteiger partial charge is 0.330 e. The number of carbonyl (C=O) groups excluding carboxylic acids is 1. The van der Waals surface area contributed by atoms with Gasteiger partial charge in [-0.15, -0.1) is 0 Å². The number of aromatic nitrogens is 3. The van der Waals surface area contributed by atoms with Gasteiger partial charge in [-0.25, -0.2) is 9.78 Å². The standard InChI is InChI=1S/C23H20N4O4/c28-19(15-6-5-13-3-1-2-4-14(13)9-15)12-25-21(29)16-10-18-20(24-11-16)27(17-7-8-17)23(31)26-22(18)30/h1-6,9-11,17,19,28H,7-8,12H2,(H,25,29)(H,26,30,31). The molecule has 1 fully saturated rings. The molecule has 0 radical (unpaired) electrons. The van der Waals surface area contributed by atoms with Gasteiger partial charge in [0, 0.05) is 18.8 Å². The summed E-state index contributed by atoms with van der Waals surface area (Å²) in [4.78, 5) is 43.5. The molecule has 0 bridgehead atoms. The zero-order valence-corrected chi connectivity index (χ0v) is 16.5. The van der Waals surface area contributed by atoms with E-state index in [1.807, 2.05) is 42.5 Å². The molecule has 3 N–H and O–H groups in total. The van der Waals surface area contributed by atoms with E-state index < -0.39 is 23.3 Å². The second-order valence-corrected chi connectivity index (χ2v) is 7.79. The Morgan fingerprint density at radius 2 is 1.94 bits per heavy atom. The summed E-state index contributed by atoms with van der Waals surface area (Å²) in [6, 6.07) is 14.9. The number of nitrogens with zero attached hydrogens (tertiary/aromatic N) is 2. The highest BCUT2D eigenvalue weighted by atomic mass is 16.3. The second kappa shape index (κ2) is 7.48. The summed E-state index contributed by atoms with van der Waals surface area (Å²) in [7, 11) is 0. The first-order chi connectivity index (χ1) is 15.0. The van der Waals surface area contributed by atoms with Crippen molar-refractivity contribution in [2.45, 2.75) is 25.0 Å². The van der Waals surface area contributed by atoms with Crippen molar-refractivity contribution in [2.75, 3.05) is 6.54 Å². The SMILES string of the molecule is O=C(NCC(O)c1ccc2ccccc2c1)c1cnc2c(c1)c(=O)[nH]c(=O)n2C1CC1. The van der Waals surface area contributed by atoms with E-state index in [4.69, 9.17) is 0 Å². The molecule has 2 aromatic heterocycles. The molecular formula is C23H20N4O4. The molecule has 156 valence electrons. The maximum absolute atomic E-state index is 12.6. The van der Waals surface area contributed by atoms with E-state index in [2.05, 4.69) is 15.3 Å². The largest absolute Gasteiger partial charge is 0.387 e. The summed E-state index contributed by atoms with van der Waals surface area (Å²) in [5.74, 6) is -0.460. The molecule has 1 aliphatic carbocycles. The normalized spacial score (nSPS) is 14.6. The zero-order valence-electron chi connectivity index (χ0n) is 16.5. The molecule has 8 heteroatoms. The number of fused-ring (bicyclic) bond motifs is 2. The van der Waals surface area contributed by atoms with E-state index in [1.165, 1.54) is 16.8 Å². The molecule has 1 amide bonds. The van der Waals surface area contributed by atoms with Gasteiger partial charge in [-0.05, 0) is 41.3 Å². The van der Waals surface area contributed by atoms with Crippen LogP contribution < -0.4 is 16.6 Å². The third kappa shape index (κ3) is 3.62. The van der Waals surface area contributed by atoms with Crippen LogP contribution in [0.4, 0.5) is 0 Å². The Morgan fingerprint density at radius 1 is 1.16 bits per heavy atom. The summed E-state index contributed by atoms with van der Waals surface area (Å²) >= 11 is 0. The second-order valence-electron chi connectivity index (χ2n) is 7.79. The minimum Gasteiger partial charge on any atom is -0.387 e. The average molecular weight is 416 g/mol. The third-order valence-electron chi connectivity index (χ3n) is 5.57. The predicted octanol–water partition coefficient (Wildman–Crippen LogP) is 2.04. The van der Waals surface area contributed by atoms with Crippen LogP contribution in [-0.4, -0.2) is 32.1 Å². The van der Waals surface area contributed by atoms with Gasteiger partial charge in [-0.3, -0.25) is 19.1 Å². The van der Waals surface area contributed by atoms with Gasteiger partial charge in [-0.2, -0.15) is 0 Å². The Labute approximate surface area is 176 Å². The van der Waals surface area contributed by atoms with Gasteiger partial charge in [-0.1, -0.05) is 36.4 Å². The molecule has 1 saturated carbocycles. The van der Waals surface area contributed by atoms with Crippen LogP contribution in [0.2, 0.25) is 0 Å². The number of carbonyl (C=O) groups is 1. The van der Waals surface area contributed by atoms with Crippen molar-refractivity contribution in [1.29, 1.82) is 0 Å².